The molecule has 0 spiro atoms. The Hall–Kier alpha value is -2.67. The molecule has 0 bridgehead atoms. The molecule has 1 aromatic heterocycles. The number of nitrogens with zero attached hydrogens (tertiary/aromatic N) is 2. The van der Waals surface area contributed by atoms with Crippen LogP contribution in [0.15, 0.2) is 29.1 Å². The van der Waals surface area contributed by atoms with Crippen LogP contribution in [0.25, 0.3) is 12.2 Å². The Kier molecular flexibility index (Phi) is 7.34. The highest BCUT2D eigenvalue weighted by Crippen LogP contribution is 2.14. The average Bonchev–Trinajstić information content (AvgIpc) is 2.91. The molecular formula is C21H26N2O4S. The third-order valence-corrected chi connectivity index (χ3v) is 5.22. The van der Waals surface area contributed by atoms with Gasteiger partial charge in [-0.25, -0.2) is 4.79 Å². The molecule has 0 aliphatic heterocycles. The predicted octanol–water partition coefficient (Wildman–Crippen LogP) is 1.29. The molecule has 28 heavy (non-hydrogen) atoms. The highest BCUT2D eigenvalue weighted by Gasteiger charge is 2.12. The maximum absolute atomic E-state index is 12.9. The molecular weight excluding hydrogens is 376 g/mol. The maximum Gasteiger partial charge on any atom is 0.333 e. The summed E-state index contributed by atoms with van der Waals surface area (Å²) in [5.74, 6) is -0.343. The standard InChI is InChI=1S/C21H26N2O4S/c1-6-27-20(25)12-19-23(13-18(24)22(4)5)21(26)17(28-19)11-15-7-9-16(10-8-15)14(2)3/h7-12,14H,6,13H2,1-5H3/b17-11-,19-12-. The molecule has 1 amide bonds. The van der Waals surface area contributed by atoms with Crippen molar-refractivity contribution in [2.24, 2.45) is 0 Å². The van der Waals surface area contributed by atoms with Crippen molar-refractivity contribution in [1.29, 1.82) is 0 Å². The van der Waals surface area contributed by atoms with Gasteiger partial charge in [-0.15, -0.1) is 11.3 Å². The molecule has 0 saturated heterocycles. The summed E-state index contributed by atoms with van der Waals surface area (Å²) in [7, 11) is 3.25. The second-order valence-electron chi connectivity index (χ2n) is 6.85. The van der Waals surface area contributed by atoms with Gasteiger partial charge in [0, 0.05) is 14.1 Å². The maximum atomic E-state index is 12.9. The Labute approximate surface area is 168 Å². The van der Waals surface area contributed by atoms with Crippen LogP contribution in [0.1, 0.15) is 37.8 Å². The van der Waals surface area contributed by atoms with E-state index in [1.165, 1.54) is 32.4 Å². The molecule has 0 N–H and O–H groups in total. The molecule has 1 aromatic carbocycles. The van der Waals surface area contributed by atoms with E-state index in [1.54, 1.807) is 27.1 Å². The first kappa shape index (κ1) is 21.6. The van der Waals surface area contributed by atoms with E-state index in [0.29, 0.717) is 15.1 Å². The molecule has 7 heteroatoms. The van der Waals surface area contributed by atoms with Gasteiger partial charge >= 0.3 is 5.97 Å². The Bertz CT molecular complexity index is 1010. The summed E-state index contributed by atoms with van der Waals surface area (Å²) < 4.78 is 7.12. The minimum absolute atomic E-state index is 0.131. The van der Waals surface area contributed by atoms with Gasteiger partial charge < -0.3 is 9.64 Å². The number of esters is 1. The van der Waals surface area contributed by atoms with Gasteiger partial charge in [-0.2, -0.15) is 0 Å². The Morgan fingerprint density at radius 3 is 2.39 bits per heavy atom. The van der Waals surface area contributed by atoms with Crippen LogP contribution < -0.4 is 14.8 Å². The van der Waals surface area contributed by atoms with Crippen molar-refractivity contribution in [2.75, 3.05) is 20.7 Å². The lowest BCUT2D eigenvalue weighted by atomic mass is 10.0. The van der Waals surface area contributed by atoms with E-state index in [2.05, 4.69) is 13.8 Å². The molecule has 0 unspecified atom stereocenters. The van der Waals surface area contributed by atoms with E-state index < -0.39 is 5.97 Å². The number of aromatic nitrogens is 1. The summed E-state index contributed by atoms with van der Waals surface area (Å²) in [6.45, 7) is 6.06. The Balaban J connectivity index is 2.56. The molecule has 0 aliphatic carbocycles. The SMILES string of the molecule is CCOC(=O)/C=c1\s/c(=C\c2ccc(C(C)C)cc2)c(=O)n1CC(=O)N(C)C. The van der Waals surface area contributed by atoms with Gasteiger partial charge in [0.2, 0.25) is 5.91 Å². The van der Waals surface area contributed by atoms with Crippen LogP contribution in [0.3, 0.4) is 0 Å². The quantitative estimate of drug-likeness (QED) is 0.683. The largest absolute Gasteiger partial charge is 0.463 e. The van der Waals surface area contributed by atoms with Crippen LogP contribution in [0.4, 0.5) is 0 Å². The summed E-state index contributed by atoms with van der Waals surface area (Å²) in [6, 6.07) is 7.98. The zero-order valence-electron chi connectivity index (χ0n) is 16.9. The van der Waals surface area contributed by atoms with Crippen LogP contribution in [0.2, 0.25) is 0 Å². The van der Waals surface area contributed by atoms with Crippen molar-refractivity contribution in [3.8, 4) is 0 Å². The van der Waals surface area contributed by atoms with Gasteiger partial charge in [0.15, 0.2) is 0 Å². The first-order valence-electron chi connectivity index (χ1n) is 9.12. The monoisotopic (exact) mass is 402 g/mol. The minimum atomic E-state index is -0.539. The van der Waals surface area contributed by atoms with Crippen molar-refractivity contribution in [3.63, 3.8) is 0 Å². The van der Waals surface area contributed by atoms with Crippen molar-refractivity contribution in [2.45, 2.75) is 33.2 Å². The molecule has 0 fully saturated rings. The van der Waals surface area contributed by atoms with Crippen LogP contribution >= 0.6 is 11.3 Å². The predicted molar refractivity (Wildman–Crippen MR) is 112 cm³/mol. The zero-order valence-corrected chi connectivity index (χ0v) is 17.7. The fraction of sp³-hybridized carbons (Fsp3) is 0.381. The average molecular weight is 403 g/mol. The molecule has 0 radical (unpaired) electrons. The van der Waals surface area contributed by atoms with Crippen molar-refractivity contribution < 1.29 is 14.3 Å². The number of amides is 1. The fourth-order valence-electron chi connectivity index (χ4n) is 2.48. The summed E-state index contributed by atoms with van der Waals surface area (Å²) >= 11 is 1.17. The van der Waals surface area contributed by atoms with E-state index in [-0.39, 0.29) is 24.6 Å². The van der Waals surface area contributed by atoms with Crippen LogP contribution in [0.5, 0.6) is 0 Å². The topological polar surface area (TPSA) is 68.6 Å². The number of hydrogen-bond acceptors (Lipinski definition) is 5. The number of carbonyl (C=O) groups excluding carboxylic acids is 2. The highest BCUT2D eigenvalue weighted by molar-refractivity contribution is 7.07. The van der Waals surface area contributed by atoms with E-state index in [9.17, 15) is 14.4 Å². The van der Waals surface area contributed by atoms with E-state index in [0.717, 1.165) is 5.56 Å². The molecule has 150 valence electrons. The van der Waals surface area contributed by atoms with E-state index in [4.69, 9.17) is 4.74 Å². The summed E-state index contributed by atoms with van der Waals surface area (Å²) in [5.41, 5.74) is 1.80. The smallest absolute Gasteiger partial charge is 0.333 e. The lowest BCUT2D eigenvalue weighted by Crippen LogP contribution is -2.38. The minimum Gasteiger partial charge on any atom is -0.463 e. The van der Waals surface area contributed by atoms with Crippen LogP contribution in [-0.2, 0) is 20.9 Å². The third kappa shape index (κ3) is 5.42. The molecule has 0 saturated carbocycles. The zero-order chi connectivity index (χ0) is 20.8. The number of benzene rings is 1. The lowest BCUT2D eigenvalue weighted by molar-refractivity contribution is -0.135. The first-order valence-corrected chi connectivity index (χ1v) is 9.94. The van der Waals surface area contributed by atoms with E-state index in [1.807, 2.05) is 24.3 Å². The molecule has 0 atom stereocenters. The summed E-state index contributed by atoms with van der Waals surface area (Å²) in [6.07, 6.45) is 3.04. The molecule has 2 rings (SSSR count). The lowest BCUT2D eigenvalue weighted by Gasteiger charge is -2.10. The highest BCUT2D eigenvalue weighted by atomic mass is 32.1. The Morgan fingerprint density at radius 1 is 1.21 bits per heavy atom. The normalized spacial score (nSPS) is 12.5. The number of ether oxygens (including phenoxy) is 1. The van der Waals surface area contributed by atoms with Crippen molar-refractivity contribution in [1.82, 2.24) is 9.47 Å². The summed E-state index contributed by atoms with van der Waals surface area (Å²) in [5, 5.41) is 0. The van der Waals surface area contributed by atoms with Gasteiger partial charge in [0.25, 0.3) is 5.56 Å². The van der Waals surface area contributed by atoms with Crippen molar-refractivity contribution in [3.05, 3.63) is 54.9 Å². The van der Waals surface area contributed by atoms with Crippen LogP contribution in [-0.4, -0.2) is 42.0 Å². The second kappa shape index (κ2) is 9.50. The number of carbonyl (C=O) groups is 2. The van der Waals surface area contributed by atoms with Gasteiger partial charge in [0.05, 0.1) is 17.2 Å². The summed E-state index contributed by atoms with van der Waals surface area (Å²) in [4.78, 5) is 38.3. The number of thiazole rings is 1. The van der Waals surface area contributed by atoms with E-state index >= 15 is 0 Å². The third-order valence-electron chi connectivity index (χ3n) is 4.16. The molecule has 0 aliphatic rings. The van der Waals surface area contributed by atoms with Crippen molar-refractivity contribution >= 4 is 35.4 Å². The Morgan fingerprint density at radius 2 is 1.86 bits per heavy atom. The van der Waals surface area contributed by atoms with Gasteiger partial charge in [0.1, 0.15) is 11.2 Å². The molecule has 2 aromatic rings. The molecule has 6 nitrogen and oxygen atoms in total. The van der Waals surface area contributed by atoms with Gasteiger partial charge in [-0.05, 0) is 30.0 Å². The number of hydrogen-bond donors (Lipinski definition) is 0. The number of likely N-dealkylation sites (N-methyl/N-ethyl adjacent to an activating group) is 1. The second-order valence-corrected chi connectivity index (χ2v) is 7.91. The fourth-order valence-corrected chi connectivity index (χ4v) is 3.51. The molecule has 1 heterocycles. The van der Waals surface area contributed by atoms with Crippen LogP contribution in [0, 0.1) is 0 Å². The number of rotatable bonds is 6. The first-order chi connectivity index (χ1) is 13.2. The van der Waals surface area contributed by atoms with Gasteiger partial charge in [-0.3, -0.25) is 14.2 Å². The van der Waals surface area contributed by atoms with Gasteiger partial charge in [-0.1, -0.05) is 38.1 Å².